The summed E-state index contributed by atoms with van der Waals surface area (Å²) in [6.45, 7) is 5.78. The predicted octanol–water partition coefficient (Wildman–Crippen LogP) is 2.76. The molecule has 3 nitrogen and oxygen atoms in total. The van der Waals surface area contributed by atoms with Gasteiger partial charge in [0.2, 0.25) is 0 Å². The second kappa shape index (κ2) is 5.65. The van der Waals surface area contributed by atoms with Gasteiger partial charge in [-0.3, -0.25) is 0 Å². The predicted molar refractivity (Wildman–Crippen MR) is 71.6 cm³/mol. The number of benzene rings is 1. The van der Waals surface area contributed by atoms with Crippen LogP contribution < -0.4 is 10.1 Å². The van der Waals surface area contributed by atoms with Crippen LogP contribution in [0.3, 0.4) is 0 Å². The summed E-state index contributed by atoms with van der Waals surface area (Å²) in [4.78, 5) is 0. The summed E-state index contributed by atoms with van der Waals surface area (Å²) in [6, 6.07) is 5.60. The summed E-state index contributed by atoms with van der Waals surface area (Å²) in [5.41, 5.74) is 1.17. The quantitative estimate of drug-likeness (QED) is 0.869. The SMILES string of the molecule is CCOc1cc(C2NCC(C)CS2)ccc1O. The highest BCUT2D eigenvalue weighted by Crippen LogP contribution is 2.36. The fraction of sp³-hybridized carbons (Fsp3) is 0.538. The summed E-state index contributed by atoms with van der Waals surface area (Å²) in [5.74, 6) is 2.68. The van der Waals surface area contributed by atoms with Crippen molar-refractivity contribution in [3.05, 3.63) is 23.8 Å². The number of thioether (sulfide) groups is 1. The normalized spacial score (nSPS) is 24.6. The van der Waals surface area contributed by atoms with Gasteiger partial charge in [-0.1, -0.05) is 13.0 Å². The standard InChI is InChI=1S/C13H19NO2S/c1-3-16-12-6-10(4-5-11(12)15)13-14-7-9(2)8-17-13/h4-6,9,13-15H,3,7-8H2,1-2H3. The van der Waals surface area contributed by atoms with Gasteiger partial charge in [0, 0.05) is 0 Å². The van der Waals surface area contributed by atoms with E-state index in [9.17, 15) is 5.11 Å². The molecular formula is C13H19NO2S. The Labute approximate surface area is 107 Å². The van der Waals surface area contributed by atoms with Crippen molar-refractivity contribution < 1.29 is 9.84 Å². The molecule has 17 heavy (non-hydrogen) atoms. The number of ether oxygens (including phenoxy) is 1. The zero-order valence-corrected chi connectivity index (χ0v) is 11.1. The lowest BCUT2D eigenvalue weighted by atomic mass is 10.1. The molecular weight excluding hydrogens is 234 g/mol. The Morgan fingerprint density at radius 2 is 2.35 bits per heavy atom. The van der Waals surface area contributed by atoms with Crippen molar-refractivity contribution in [1.29, 1.82) is 0 Å². The van der Waals surface area contributed by atoms with Crippen molar-refractivity contribution in [2.45, 2.75) is 19.2 Å². The lowest BCUT2D eigenvalue weighted by Gasteiger charge is -2.28. The molecule has 1 aromatic carbocycles. The third-order valence-corrected chi connectivity index (χ3v) is 4.32. The molecule has 1 aliphatic heterocycles. The maximum atomic E-state index is 9.65. The minimum absolute atomic E-state index is 0.213. The van der Waals surface area contributed by atoms with E-state index >= 15 is 0 Å². The highest BCUT2D eigenvalue weighted by Gasteiger charge is 2.20. The maximum Gasteiger partial charge on any atom is 0.161 e. The third kappa shape index (κ3) is 3.07. The molecule has 2 N–H and O–H groups in total. The van der Waals surface area contributed by atoms with Gasteiger partial charge in [0.1, 0.15) is 0 Å². The zero-order valence-electron chi connectivity index (χ0n) is 10.3. The minimum atomic E-state index is 0.213. The molecule has 0 radical (unpaired) electrons. The first-order chi connectivity index (χ1) is 8.20. The summed E-state index contributed by atoms with van der Waals surface area (Å²) in [7, 11) is 0. The van der Waals surface area contributed by atoms with Gasteiger partial charge >= 0.3 is 0 Å². The van der Waals surface area contributed by atoms with Crippen LogP contribution >= 0.6 is 11.8 Å². The fourth-order valence-electron chi connectivity index (χ4n) is 1.87. The Hall–Kier alpha value is -0.870. The average Bonchev–Trinajstić information content (AvgIpc) is 2.33. The Morgan fingerprint density at radius 1 is 1.53 bits per heavy atom. The summed E-state index contributed by atoms with van der Waals surface area (Å²) < 4.78 is 5.40. The maximum absolute atomic E-state index is 9.65. The summed E-state index contributed by atoms with van der Waals surface area (Å²) >= 11 is 1.91. The first-order valence-electron chi connectivity index (χ1n) is 6.01. The number of hydrogen-bond acceptors (Lipinski definition) is 4. The topological polar surface area (TPSA) is 41.5 Å². The van der Waals surface area contributed by atoms with E-state index in [0.29, 0.717) is 17.7 Å². The van der Waals surface area contributed by atoms with Gasteiger partial charge in [0.15, 0.2) is 11.5 Å². The third-order valence-electron chi connectivity index (χ3n) is 2.79. The molecule has 0 saturated carbocycles. The van der Waals surface area contributed by atoms with Crippen molar-refractivity contribution >= 4 is 11.8 Å². The molecule has 1 aromatic rings. The largest absolute Gasteiger partial charge is 0.504 e. The van der Waals surface area contributed by atoms with Crippen molar-refractivity contribution in [3.63, 3.8) is 0 Å². The molecule has 0 bridgehead atoms. The summed E-state index contributed by atoms with van der Waals surface area (Å²) in [6.07, 6.45) is 0. The van der Waals surface area contributed by atoms with Crippen LogP contribution in [0.1, 0.15) is 24.8 Å². The van der Waals surface area contributed by atoms with Gasteiger partial charge in [-0.15, -0.1) is 11.8 Å². The molecule has 0 spiro atoms. The monoisotopic (exact) mass is 253 g/mol. The van der Waals surface area contributed by atoms with Crippen LogP contribution in [0.4, 0.5) is 0 Å². The molecule has 1 saturated heterocycles. The van der Waals surface area contributed by atoms with E-state index in [1.165, 1.54) is 11.3 Å². The molecule has 2 atom stereocenters. The molecule has 2 rings (SSSR count). The first kappa shape index (κ1) is 12.6. The van der Waals surface area contributed by atoms with E-state index in [4.69, 9.17) is 4.74 Å². The van der Waals surface area contributed by atoms with Gasteiger partial charge in [-0.25, -0.2) is 0 Å². The smallest absolute Gasteiger partial charge is 0.161 e. The van der Waals surface area contributed by atoms with Gasteiger partial charge in [0.05, 0.1) is 12.0 Å². The van der Waals surface area contributed by atoms with E-state index in [1.54, 1.807) is 6.07 Å². The van der Waals surface area contributed by atoms with Crippen LogP contribution in [0.25, 0.3) is 0 Å². The van der Waals surface area contributed by atoms with Crippen LogP contribution in [0, 0.1) is 5.92 Å². The molecule has 1 heterocycles. The van der Waals surface area contributed by atoms with Gasteiger partial charge in [0.25, 0.3) is 0 Å². The number of aromatic hydroxyl groups is 1. The van der Waals surface area contributed by atoms with E-state index in [1.807, 2.05) is 30.8 Å². The second-order valence-corrected chi connectivity index (χ2v) is 5.53. The van der Waals surface area contributed by atoms with E-state index in [2.05, 4.69) is 12.2 Å². The molecule has 0 amide bonds. The first-order valence-corrected chi connectivity index (χ1v) is 7.06. The van der Waals surface area contributed by atoms with Crippen molar-refractivity contribution in [2.24, 2.45) is 5.92 Å². The summed E-state index contributed by atoms with van der Waals surface area (Å²) in [5, 5.41) is 13.5. The molecule has 0 aromatic heterocycles. The fourth-order valence-corrected chi connectivity index (χ4v) is 3.06. The Kier molecular flexibility index (Phi) is 4.18. The van der Waals surface area contributed by atoms with E-state index in [-0.39, 0.29) is 5.75 Å². The molecule has 4 heteroatoms. The molecule has 1 fully saturated rings. The molecule has 94 valence electrons. The highest BCUT2D eigenvalue weighted by molar-refractivity contribution is 7.99. The van der Waals surface area contributed by atoms with Crippen LogP contribution in [-0.2, 0) is 0 Å². The van der Waals surface area contributed by atoms with Gasteiger partial charge in [-0.2, -0.15) is 0 Å². The van der Waals surface area contributed by atoms with E-state index in [0.717, 1.165) is 12.5 Å². The Bertz CT molecular complexity index is 376. The minimum Gasteiger partial charge on any atom is -0.504 e. The molecule has 2 unspecified atom stereocenters. The van der Waals surface area contributed by atoms with Crippen molar-refractivity contribution in [1.82, 2.24) is 5.32 Å². The molecule has 0 aliphatic carbocycles. The van der Waals surface area contributed by atoms with Crippen molar-refractivity contribution in [3.8, 4) is 11.5 Å². The van der Waals surface area contributed by atoms with Crippen LogP contribution in [0.2, 0.25) is 0 Å². The van der Waals surface area contributed by atoms with Crippen LogP contribution in [0.5, 0.6) is 11.5 Å². The lowest BCUT2D eigenvalue weighted by Crippen LogP contribution is -2.31. The lowest BCUT2D eigenvalue weighted by molar-refractivity contribution is 0.317. The number of rotatable bonds is 3. The van der Waals surface area contributed by atoms with Crippen molar-refractivity contribution in [2.75, 3.05) is 18.9 Å². The molecule has 1 aliphatic rings. The second-order valence-electron chi connectivity index (χ2n) is 4.39. The van der Waals surface area contributed by atoms with Crippen LogP contribution in [-0.4, -0.2) is 24.0 Å². The zero-order chi connectivity index (χ0) is 12.3. The number of phenols is 1. The van der Waals surface area contributed by atoms with E-state index < -0.39 is 0 Å². The number of hydrogen-bond donors (Lipinski definition) is 2. The number of phenolic OH excluding ortho intramolecular Hbond substituents is 1. The van der Waals surface area contributed by atoms with Crippen LogP contribution in [0.15, 0.2) is 18.2 Å². The van der Waals surface area contributed by atoms with Gasteiger partial charge < -0.3 is 15.2 Å². The number of nitrogens with one attached hydrogen (secondary N) is 1. The van der Waals surface area contributed by atoms with Gasteiger partial charge in [-0.05, 0) is 42.8 Å². The Balaban J connectivity index is 2.12. The average molecular weight is 253 g/mol. The Morgan fingerprint density at radius 3 is 3.00 bits per heavy atom. The highest BCUT2D eigenvalue weighted by atomic mass is 32.2.